The van der Waals surface area contributed by atoms with E-state index in [1.807, 2.05) is 24.0 Å². The second-order valence-electron chi connectivity index (χ2n) is 6.50. The molecule has 1 aliphatic rings. The van der Waals surface area contributed by atoms with E-state index >= 15 is 0 Å². The van der Waals surface area contributed by atoms with Gasteiger partial charge in [0.1, 0.15) is 5.69 Å². The van der Waals surface area contributed by atoms with E-state index in [4.69, 9.17) is 0 Å². The number of rotatable bonds is 5. The quantitative estimate of drug-likeness (QED) is 0.682. The van der Waals surface area contributed by atoms with Gasteiger partial charge in [-0.3, -0.25) is 14.4 Å². The number of anilines is 1. The van der Waals surface area contributed by atoms with Gasteiger partial charge in [-0.15, -0.1) is 0 Å². The number of benzene rings is 1. The number of hydrogen-bond acceptors (Lipinski definition) is 4. The minimum absolute atomic E-state index is 0.0256. The number of aryl methyl sites for hydroxylation is 2. The van der Waals surface area contributed by atoms with Crippen LogP contribution in [0.1, 0.15) is 17.0 Å². The summed E-state index contributed by atoms with van der Waals surface area (Å²) < 4.78 is 27.6. The van der Waals surface area contributed by atoms with Crippen LogP contribution in [-0.4, -0.2) is 44.8 Å². The highest BCUT2D eigenvalue weighted by atomic mass is 32.3. The van der Waals surface area contributed by atoms with Crippen LogP contribution in [0, 0.1) is 13.8 Å². The first-order chi connectivity index (χ1) is 12.3. The Kier molecular flexibility index (Phi) is 5.12. The van der Waals surface area contributed by atoms with Crippen LogP contribution in [0.4, 0.5) is 5.69 Å². The van der Waals surface area contributed by atoms with Crippen LogP contribution in [0.3, 0.4) is 0 Å². The summed E-state index contributed by atoms with van der Waals surface area (Å²) in [5.41, 5.74) is 3.03. The molecule has 3 rings (SSSR count). The average Bonchev–Trinajstić information content (AvgIpc) is 2.81. The topological polar surface area (TPSA) is 99.5 Å². The summed E-state index contributed by atoms with van der Waals surface area (Å²) in [5.74, 6) is 0.0256. The summed E-state index contributed by atoms with van der Waals surface area (Å²) in [5, 5.41) is 7.05. The molecule has 1 fully saturated rings. The summed E-state index contributed by atoms with van der Waals surface area (Å²) in [4.78, 5) is 13.8. The number of nitrogens with zero attached hydrogens (tertiary/aromatic N) is 3. The third-order valence-electron chi connectivity index (χ3n) is 4.52. The molecule has 0 bridgehead atoms. The van der Waals surface area contributed by atoms with Gasteiger partial charge in [0.25, 0.3) is 0 Å². The first-order valence-electron chi connectivity index (χ1n) is 8.39. The molecule has 26 heavy (non-hydrogen) atoms. The Balaban J connectivity index is 1.72. The maximum Gasteiger partial charge on any atom is 0.346 e. The fraction of sp³-hybridized carbons (Fsp3) is 0.412. The number of amides is 1. The Morgan fingerprint density at radius 2 is 2.00 bits per heavy atom. The minimum atomic E-state index is -3.43. The van der Waals surface area contributed by atoms with Crippen molar-refractivity contribution in [2.24, 2.45) is 7.05 Å². The number of piperazine rings is 1. The molecule has 2 aromatic rings. The third kappa shape index (κ3) is 3.95. The zero-order valence-corrected chi connectivity index (χ0v) is 16.0. The largest absolute Gasteiger partial charge is 0.354 e. The maximum atomic E-state index is 12.8. The smallest absolute Gasteiger partial charge is 0.346 e. The highest BCUT2D eigenvalue weighted by molar-refractivity contribution is 7.99. The molecule has 0 saturated carbocycles. The highest BCUT2D eigenvalue weighted by Crippen LogP contribution is 2.25. The fourth-order valence-corrected chi connectivity index (χ4v) is 4.18. The normalized spacial score (nSPS) is 17.6. The zero-order valence-electron chi connectivity index (χ0n) is 15.2. The predicted molar refractivity (Wildman–Crippen MR) is 100.0 cm³/mol. The molecule has 1 amide bonds. The predicted octanol–water partition coefficient (Wildman–Crippen LogP) is 1.33. The lowest BCUT2D eigenvalue weighted by atomic mass is 10.2. The SMILES string of the molecule is Cc1nn(C)c(C)c1N[S+](=O)(O)c1ccc(CN2CCNC(=O)C2)cc1. The van der Waals surface area contributed by atoms with Gasteiger partial charge < -0.3 is 5.32 Å². The molecule has 1 aliphatic heterocycles. The van der Waals surface area contributed by atoms with Crippen LogP contribution in [-0.2, 0) is 33.0 Å². The van der Waals surface area contributed by atoms with Gasteiger partial charge in [0.15, 0.2) is 0 Å². The van der Waals surface area contributed by atoms with Crippen LogP contribution < -0.4 is 10.0 Å². The standard InChI is InChI=1S/C17H23N5O3S/c1-12-17(13(2)21(3)19-12)20-26(24,25)15-6-4-14(5-7-15)10-22-9-8-18-16(23)11-22/h4-7H,8-11H2,1-3H3,(H2-,18,20,23,24,25)/p+1. The van der Waals surface area contributed by atoms with Gasteiger partial charge in [-0.25, -0.2) is 0 Å². The second-order valence-corrected chi connectivity index (χ2v) is 8.23. The molecule has 9 heteroatoms. The molecule has 0 spiro atoms. The van der Waals surface area contributed by atoms with E-state index in [9.17, 15) is 13.6 Å². The lowest BCUT2D eigenvalue weighted by Gasteiger charge is -2.26. The van der Waals surface area contributed by atoms with Gasteiger partial charge in [0, 0.05) is 26.7 Å². The summed E-state index contributed by atoms with van der Waals surface area (Å²) in [7, 11) is -1.64. The van der Waals surface area contributed by atoms with Crippen molar-refractivity contribution in [2.45, 2.75) is 25.3 Å². The van der Waals surface area contributed by atoms with Crippen molar-refractivity contribution in [2.75, 3.05) is 24.4 Å². The fourth-order valence-electron chi connectivity index (χ4n) is 2.98. The van der Waals surface area contributed by atoms with Crippen LogP contribution in [0.15, 0.2) is 29.2 Å². The molecule has 8 nitrogen and oxygen atoms in total. The van der Waals surface area contributed by atoms with E-state index in [-0.39, 0.29) is 5.91 Å². The lowest BCUT2D eigenvalue weighted by molar-refractivity contribution is -0.124. The first-order valence-corrected chi connectivity index (χ1v) is 9.90. The molecule has 2 heterocycles. The number of carbonyl (C=O) groups excluding carboxylic acids is 1. The van der Waals surface area contributed by atoms with Crippen molar-refractivity contribution < 1.29 is 13.6 Å². The van der Waals surface area contributed by atoms with E-state index in [1.165, 1.54) is 0 Å². The van der Waals surface area contributed by atoms with Gasteiger partial charge >= 0.3 is 10.4 Å². The molecule has 1 aromatic heterocycles. The van der Waals surface area contributed by atoms with Crippen molar-refractivity contribution >= 4 is 22.0 Å². The van der Waals surface area contributed by atoms with E-state index in [1.54, 1.807) is 30.8 Å². The third-order valence-corrected chi connectivity index (χ3v) is 5.91. The summed E-state index contributed by atoms with van der Waals surface area (Å²) in [6.07, 6.45) is 0. The Morgan fingerprint density at radius 3 is 2.58 bits per heavy atom. The molecule has 1 atom stereocenters. The van der Waals surface area contributed by atoms with Gasteiger partial charge in [-0.2, -0.15) is 14.4 Å². The van der Waals surface area contributed by atoms with E-state index in [2.05, 4.69) is 15.1 Å². The van der Waals surface area contributed by atoms with E-state index in [0.717, 1.165) is 17.8 Å². The Morgan fingerprint density at radius 1 is 1.31 bits per heavy atom. The number of nitrogens with one attached hydrogen (secondary N) is 2. The van der Waals surface area contributed by atoms with Crippen LogP contribution in [0.5, 0.6) is 0 Å². The average molecular weight is 378 g/mol. The Labute approximate surface area is 154 Å². The van der Waals surface area contributed by atoms with Gasteiger partial charge in [-0.05, 0) is 35.8 Å². The van der Waals surface area contributed by atoms with E-state index in [0.29, 0.717) is 35.9 Å². The molecular weight excluding hydrogens is 354 g/mol. The minimum Gasteiger partial charge on any atom is -0.354 e. The molecular formula is C17H24N5O3S+. The number of carbonyl (C=O) groups is 1. The molecule has 3 N–H and O–H groups in total. The van der Waals surface area contributed by atoms with Crippen molar-refractivity contribution in [3.63, 3.8) is 0 Å². The van der Waals surface area contributed by atoms with Crippen molar-refractivity contribution in [1.82, 2.24) is 20.0 Å². The van der Waals surface area contributed by atoms with Gasteiger partial charge in [0.05, 0.1) is 17.9 Å². The number of aromatic nitrogens is 2. The number of hydrogen-bond donors (Lipinski definition) is 3. The molecule has 140 valence electrons. The maximum absolute atomic E-state index is 12.8. The van der Waals surface area contributed by atoms with Crippen molar-refractivity contribution in [1.29, 1.82) is 0 Å². The molecule has 1 aromatic carbocycles. The zero-order chi connectivity index (χ0) is 18.9. The Bertz CT molecular complexity index is 862. The van der Waals surface area contributed by atoms with E-state index < -0.39 is 10.4 Å². The van der Waals surface area contributed by atoms with Crippen molar-refractivity contribution in [3.8, 4) is 0 Å². The summed E-state index contributed by atoms with van der Waals surface area (Å²) in [6.45, 7) is 6.09. The molecule has 1 unspecified atom stereocenters. The molecule has 0 radical (unpaired) electrons. The van der Waals surface area contributed by atoms with Gasteiger partial charge in [-0.1, -0.05) is 12.1 Å². The summed E-state index contributed by atoms with van der Waals surface area (Å²) in [6, 6.07) is 6.94. The van der Waals surface area contributed by atoms with Crippen LogP contribution in [0.25, 0.3) is 0 Å². The molecule has 1 saturated heterocycles. The lowest BCUT2D eigenvalue weighted by Crippen LogP contribution is -2.47. The monoisotopic (exact) mass is 378 g/mol. The highest BCUT2D eigenvalue weighted by Gasteiger charge is 2.32. The van der Waals surface area contributed by atoms with Crippen LogP contribution in [0.2, 0.25) is 0 Å². The van der Waals surface area contributed by atoms with Crippen LogP contribution >= 0.6 is 0 Å². The second kappa shape index (κ2) is 7.18. The van der Waals surface area contributed by atoms with Gasteiger partial charge in [0.2, 0.25) is 10.8 Å². The molecule has 0 aliphatic carbocycles. The summed E-state index contributed by atoms with van der Waals surface area (Å²) >= 11 is 0. The first kappa shape index (κ1) is 18.6. The van der Waals surface area contributed by atoms with Crippen molar-refractivity contribution in [3.05, 3.63) is 41.2 Å². The Hall–Kier alpha value is -2.23.